The molecule has 1 saturated carbocycles. The van der Waals surface area contributed by atoms with Crippen LogP contribution < -0.4 is 0 Å². The van der Waals surface area contributed by atoms with Crippen molar-refractivity contribution in [1.29, 1.82) is 0 Å². The molecule has 1 aliphatic rings. The first-order valence-corrected chi connectivity index (χ1v) is 6.61. The summed E-state index contributed by atoms with van der Waals surface area (Å²) in [4.78, 5) is 2.30. The van der Waals surface area contributed by atoms with Crippen molar-refractivity contribution in [2.75, 3.05) is 13.2 Å². The fraction of sp³-hybridized carbons (Fsp3) is 0.750. The minimum Gasteiger partial charge on any atom is -0.395 e. The van der Waals surface area contributed by atoms with Crippen molar-refractivity contribution in [2.24, 2.45) is 0 Å². The van der Waals surface area contributed by atoms with Crippen molar-refractivity contribution >= 4 is 11.6 Å². The van der Waals surface area contributed by atoms with E-state index in [1.54, 1.807) is 0 Å². The predicted octanol–water partition coefficient (Wildman–Crippen LogP) is 1.82. The third-order valence-electron chi connectivity index (χ3n) is 3.26. The third kappa shape index (κ3) is 2.81. The van der Waals surface area contributed by atoms with Crippen molar-refractivity contribution in [3.8, 4) is 0 Å². The van der Waals surface area contributed by atoms with Crippen LogP contribution in [0.1, 0.15) is 31.2 Å². The molecule has 96 valence electrons. The Kier molecular flexibility index (Phi) is 4.07. The van der Waals surface area contributed by atoms with Gasteiger partial charge in [0.05, 0.1) is 23.0 Å². The molecule has 0 aliphatic heterocycles. The van der Waals surface area contributed by atoms with Crippen LogP contribution in [0.3, 0.4) is 0 Å². The summed E-state index contributed by atoms with van der Waals surface area (Å²) in [6.45, 7) is 6.55. The van der Waals surface area contributed by atoms with Crippen LogP contribution in [-0.2, 0) is 13.1 Å². The second-order valence-electron chi connectivity index (χ2n) is 4.59. The summed E-state index contributed by atoms with van der Waals surface area (Å²) >= 11 is 6.29. The lowest BCUT2D eigenvalue weighted by Gasteiger charge is -2.21. The molecule has 5 heteroatoms. The zero-order chi connectivity index (χ0) is 12.4. The predicted molar refractivity (Wildman–Crippen MR) is 68.2 cm³/mol. The van der Waals surface area contributed by atoms with E-state index in [-0.39, 0.29) is 6.61 Å². The van der Waals surface area contributed by atoms with Crippen molar-refractivity contribution in [3.63, 3.8) is 0 Å². The van der Waals surface area contributed by atoms with Gasteiger partial charge in [0.25, 0.3) is 0 Å². The summed E-state index contributed by atoms with van der Waals surface area (Å²) in [5, 5.41) is 14.3. The second-order valence-corrected chi connectivity index (χ2v) is 4.97. The van der Waals surface area contributed by atoms with E-state index in [1.165, 1.54) is 12.8 Å². The number of aromatic nitrogens is 2. The monoisotopic (exact) mass is 257 g/mol. The molecule has 0 bridgehead atoms. The fourth-order valence-electron chi connectivity index (χ4n) is 2.17. The summed E-state index contributed by atoms with van der Waals surface area (Å²) in [5.41, 5.74) is 1.97. The number of halogens is 1. The van der Waals surface area contributed by atoms with Gasteiger partial charge in [0.1, 0.15) is 0 Å². The van der Waals surface area contributed by atoms with Gasteiger partial charge in [-0.15, -0.1) is 0 Å². The first-order valence-electron chi connectivity index (χ1n) is 6.24. The van der Waals surface area contributed by atoms with Crippen molar-refractivity contribution in [1.82, 2.24) is 14.7 Å². The molecule has 0 radical (unpaired) electrons. The van der Waals surface area contributed by atoms with E-state index in [2.05, 4.69) is 16.9 Å². The van der Waals surface area contributed by atoms with Gasteiger partial charge in [0.15, 0.2) is 0 Å². The molecule has 1 aromatic rings. The van der Waals surface area contributed by atoms with Gasteiger partial charge >= 0.3 is 0 Å². The van der Waals surface area contributed by atoms with Crippen LogP contribution in [0.5, 0.6) is 0 Å². The summed E-state index contributed by atoms with van der Waals surface area (Å²) in [5.74, 6) is 0. The van der Waals surface area contributed by atoms with E-state index in [1.807, 2.05) is 11.6 Å². The molecule has 1 heterocycles. The Morgan fingerprint density at radius 2 is 2.24 bits per heavy atom. The van der Waals surface area contributed by atoms with Crippen LogP contribution in [0.25, 0.3) is 0 Å². The number of aliphatic hydroxyl groups excluding tert-OH is 1. The van der Waals surface area contributed by atoms with Gasteiger partial charge in [-0.2, -0.15) is 5.10 Å². The molecule has 1 aliphatic carbocycles. The molecule has 0 unspecified atom stereocenters. The van der Waals surface area contributed by atoms with E-state index in [0.29, 0.717) is 6.04 Å². The highest BCUT2D eigenvalue weighted by Crippen LogP contribution is 2.30. The molecule has 1 aromatic heterocycles. The maximum absolute atomic E-state index is 9.10. The van der Waals surface area contributed by atoms with Gasteiger partial charge in [0.2, 0.25) is 0 Å². The lowest BCUT2D eigenvalue weighted by molar-refractivity contribution is 0.180. The zero-order valence-corrected chi connectivity index (χ0v) is 11.2. The quantitative estimate of drug-likeness (QED) is 0.845. The number of aliphatic hydroxyl groups is 1. The first-order chi connectivity index (χ1) is 8.17. The van der Waals surface area contributed by atoms with E-state index in [4.69, 9.17) is 16.7 Å². The Bertz CT molecular complexity index is 387. The molecule has 1 fully saturated rings. The Morgan fingerprint density at radius 1 is 1.53 bits per heavy atom. The third-order valence-corrected chi connectivity index (χ3v) is 3.75. The van der Waals surface area contributed by atoms with Gasteiger partial charge in [0, 0.05) is 25.7 Å². The lowest BCUT2D eigenvalue weighted by Crippen LogP contribution is -2.29. The number of nitrogens with zero attached hydrogens (tertiary/aromatic N) is 3. The topological polar surface area (TPSA) is 41.3 Å². The van der Waals surface area contributed by atoms with Gasteiger partial charge < -0.3 is 5.11 Å². The largest absolute Gasteiger partial charge is 0.395 e. The van der Waals surface area contributed by atoms with Crippen LogP contribution in [0, 0.1) is 6.92 Å². The number of aryl methyl sites for hydroxylation is 2. The highest BCUT2D eigenvalue weighted by atomic mass is 35.5. The Labute approximate surface area is 107 Å². The lowest BCUT2D eigenvalue weighted by atomic mass is 10.3. The molecule has 0 saturated heterocycles. The highest BCUT2D eigenvalue weighted by Gasteiger charge is 2.30. The smallest absolute Gasteiger partial charge is 0.0860 e. The molecular weight excluding hydrogens is 238 g/mol. The zero-order valence-electron chi connectivity index (χ0n) is 10.5. The molecular formula is C12H20ClN3O. The molecule has 0 spiro atoms. The molecule has 1 N–H and O–H groups in total. The highest BCUT2D eigenvalue weighted by molar-refractivity contribution is 6.31. The van der Waals surface area contributed by atoms with Crippen molar-refractivity contribution in [2.45, 2.75) is 45.8 Å². The van der Waals surface area contributed by atoms with Crippen molar-refractivity contribution < 1.29 is 5.11 Å². The molecule has 17 heavy (non-hydrogen) atoms. The van der Waals surface area contributed by atoms with Gasteiger partial charge in [-0.25, -0.2) is 0 Å². The van der Waals surface area contributed by atoms with Gasteiger partial charge in [-0.3, -0.25) is 9.58 Å². The Balaban J connectivity index is 2.15. The minimum absolute atomic E-state index is 0.202. The normalized spacial score (nSPS) is 15.8. The van der Waals surface area contributed by atoms with Crippen LogP contribution in [0.4, 0.5) is 0 Å². The summed E-state index contributed by atoms with van der Waals surface area (Å²) < 4.78 is 1.96. The van der Waals surface area contributed by atoms with E-state index in [9.17, 15) is 0 Å². The molecule has 2 rings (SSSR count). The van der Waals surface area contributed by atoms with E-state index >= 15 is 0 Å². The second kappa shape index (κ2) is 5.38. The molecule has 0 aromatic carbocycles. The van der Waals surface area contributed by atoms with E-state index in [0.717, 1.165) is 36.0 Å². The summed E-state index contributed by atoms with van der Waals surface area (Å²) in [7, 11) is 0. The average Bonchev–Trinajstić information content (AvgIpc) is 3.11. The standard InChI is InChI=1S/C12H20ClN3O/c1-3-16-11(12(13)9(2)14-16)8-15(6-7-17)10-4-5-10/h10,17H,3-8H2,1-2H3. The van der Waals surface area contributed by atoms with Gasteiger partial charge in [-0.1, -0.05) is 11.6 Å². The first kappa shape index (κ1) is 12.9. The Morgan fingerprint density at radius 3 is 2.76 bits per heavy atom. The molecule has 0 amide bonds. The maximum Gasteiger partial charge on any atom is 0.0860 e. The van der Waals surface area contributed by atoms with Crippen LogP contribution in [0.15, 0.2) is 0 Å². The molecule has 0 atom stereocenters. The van der Waals surface area contributed by atoms with Gasteiger partial charge in [-0.05, 0) is 26.7 Å². The number of hydrogen-bond donors (Lipinski definition) is 1. The van der Waals surface area contributed by atoms with Crippen LogP contribution >= 0.6 is 11.6 Å². The van der Waals surface area contributed by atoms with Crippen LogP contribution in [-0.4, -0.2) is 39.0 Å². The number of hydrogen-bond acceptors (Lipinski definition) is 3. The fourth-order valence-corrected chi connectivity index (χ4v) is 2.37. The number of rotatable bonds is 6. The van der Waals surface area contributed by atoms with E-state index < -0.39 is 0 Å². The van der Waals surface area contributed by atoms with Crippen LogP contribution in [0.2, 0.25) is 5.02 Å². The SMILES string of the molecule is CCn1nc(C)c(Cl)c1CN(CCO)C1CC1. The Hall–Kier alpha value is -0.580. The van der Waals surface area contributed by atoms with Crippen molar-refractivity contribution in [3.05, 3.63) is 16.4 Å². The minimum atomic E-state index is 0.202. The average molecular weight is 258 g/mol. The maximum atomic E-state index is 9.10. The summed E-state index contributed by atoms with van der Waals surface area (Å²) in [6.07, 6.45) is 2.47. The summed E-state index contributed by atoms with van der Waals surface area (Å²) in [6, 6.07) is 0.624. The molecule has 4 nitrogen and oxygen atoms in total.